The number of nitrogens with one attached hydrogen (secondary N) is 2. The molecule has 0 radical (unpaired) electrons. The minimum atomic E-state index is -0.657. The van der Waals surface area contributed by atoms with Crippen molar-refractivity contribution in [2.75, 3.05) is 19.7 Å². The Morgan fingerprint density at radius 1 is 0.953 bits per heavy atom. The second-order valence-electron chi connectivity index (χ2n) is 10.2. The summed E-state index contributed by atoms with van der Waals surface area (Å²) >= 11 is 0. The van der Waals surface area contributed by atoms with Crippen molar-refractivity contribution >= 4 is 17.7 Å². The largest absolute Gasteiger partial charge is 0.488 e. The van der Waals surface area contributed by atoms with Crippen molar-refractivity contribution in [3.05, 3.63) is 102 Å². The lowest BCUT2D eigenvalue weighted by Gasteiger charge is -2.38. The Balaban J connectivity index is 1.34. The molecule has 4 aromatic rings. The number of amides is 3. The number of piperidine rings is 1. The Hall–Kier alpha value is -5.39. The van der Waals surface area contributed by atoms with Crippen molar-refractivity contribution in [3.63, 3.8) is 0 Å². The summed E-state index contributed by atoms with van der Waals surface area (Å²) in [4.78, 5) is 53.2. The Kier molecular flexibility index (Phi) is 7.90. The first-order chi connectivity index (χ1) is 20.9. The smallest absolute Gasteiger partial charge is 0.274 e. The van der Waals surface area contributed by atoms with Gasteiger partial charge in [0.15, 0.2) is 6.61 Å². The summed E-state index contributed by atoms with van der Waals surface area (Å²) in [5.74, 6) is -0.975. The number of carbonyl (C=O) groups is 3. The van der Waals surface area contributed by atoms with Crippen LogP contribution in [0.25, 0.3) is 11.1 Å². The molecule has 0 aliphatic carbocycles. The van der Waals surface area contributed by atoms with Crippen LogP contribution < -0.4 is 20.1 Å². The van der Waals surface area contributed by atoms with Crippen molar-refractivity contribution in [2.24, 2.45) is 0 Å². The van der Waals surface area contributed by atoms with Crippen LogP contribution in [0.3, 0.4) is 0 Å². The Morgan fingerprint density at radius 3 is 2.70 bits per heavy atom. The highest BCUT2D eigenvalue weighted by Gasteiger charge is 2.35. The molecule has 11 nitrogen and oxygen atoms in total. The first-order valence-corrected chi connectivity index (χ1v) is 13.7. The lowest BCUT2D eigenvalue weighted by molar-refractivity contribution is -0.123. The summed E-state index contributed by atoms with van der Waals surface area (Å²) in [6.45, 7) is 0.254. The van der Waals surface area contributed by atoms with Crippen LogP contribution in [-0.2, 0) is 11.3 Å². The van der Waals surface area contributed by atoms with Gasteiger partial charge in [0, 0.05) is 62.5 Å². The maximum Gasteiger partial charge on any atom is 0.274 e. The predicted molar refractivity (Wildman–Crippen MR) is 152 cm³/mol. The van der Waals surface area contributed by atoms with Crippen LogP contribution in [0.5, 0.6) is 11.5 Å². The number of nitrogens with zero attached hydrogens (tertiary/aromatic N) is 4. The van der Waals surface area contributed by atoms with E-state index in [1.807, 2.05) is 6.07 Å². The van der Waals surface area contributed by atoms with Gasteiger partial charge in [0.05, 0.1) is 17.8 Å². The molecule has 2 N–H and O–H groups in total. The van der Waals surface area contributed by atoms with Crippen LogP contribution in [0, 0.1) is 5.82 Å². The molecule has 4 heterocycles. The van der Waals surface area contributed by atoms with Gasteiger partial charge in [-0.25, -0.2) is 9.37 Å². The molecule has 3 amide bonds. The zero-order valence-electron chi connectivity index (χ0n) is 22.9. The SMILES string of the molecule is O=C1COc2cccc(c2)-c2cncc(c2)C(=O)N[C@@H]2CN(C(=O)c3cnccn3)CC[C@@H]2Oc2cc(F)cc(c2)CN1. The van der Waals surface area contributed by atoms with Gasteiger partial charge in [-0.2, -0.15) is 0 Å². The van der Waals surface area contributed by atoms with E-state index in [2.05, 4.69) is 25.6 Å². The van der Waals surface area contributed by atoms with E-state index in [0.29, 0.717) is 35.4 Å². The molecule has 2 aromatic heterocycles. The minimum absolute atomic E-state index is 0.0546. The molecule has 2 aliphatic heterocycles. The van der Waals surface area contributed by atoms with Crippen LogP contribution in [-0.4, -0.2) is 69.4 Å². The number of carbonyl (C=O) groups excluding carboxylic acids is 3. The van der Waals surface area contributed by atoms with Gasteiger partial charge in [0.1, 0.15) is 29.1 Å². The van der Waals surface area contributed by atoms with Crippen molar-refractivity contribution in [1.82, 2.24) is 30.5 Å². The molecule has 1 saturated heterocycles. The highest BCUT2D eigenvalue weighted by atomic mass is 19.1. The third kappa shape index (κ3) is 6.58. The standard InChI is InChI=1S/C31H27FN6O5/c32-23-8-19-9-25(12-23)43-28-4-7-38(31(41)26-16-33-5-6-35-26)17-27(28)37-30(40)22-10-21(14-34-15-22)20-2-1-3-24(11-20)42-18-29(39)36-13-19/h1-3,5-6,8-12,14-16,27-28H,4,7,13,17-18H2,(H,36,39)(H,37,40)/t27-,28+/m1/s1. The zero-order valence-corrected chi connectivity index (χ0v) is 22.9. The highest BCUT2D eigenvalue weighted by molar-refractivity contribution is 5.95. The van der Waals surface area contributed by atoms with Crippen LogP contribution in [0.1, 0.15) is 32.8 Å². The summed E-state index contributed by atoms with van der Waals surface area (Å²) in [5, 5.41) is 5.74. The average Bonchev–Trinajstić information content (AvgIpc) is 3.03. The summed E-state index contributed by atoms with van der Waals surface area (Å²) in [6.07, 6.45) is 7.14. The molecular formula is C31H27FN6O5. The molecule has 0 spiro atoms. The molecule has 6 bridgehead atoms. The van der Waals surface area contributed by atoms with Crippen LogP contribution in [0.4, 0.5) is 4.39 Å². The van der Waals surface area contributed by atoms with E-state index in [0.717, 1.165) is 5.56 Å². The van der Waals surface area contributed by atoms with E-state index in [1.54, 1.807) is 41.4 Å². The monoisotopic (exact) mass is 582 g/mol. The fraction of sp³-hybridized carbons (Fsp3) is 0.226. The van der Waals surface area contributed by atoms with Crippen molar-refractivity contribution in [1.29, 1.82) is 0 Å². The van der Waals surface area contributed by atoms with Gasteiger partial charge >= 0.3 is 0 Å². The average molecular weight is 583 g/mol. The number of likely N-dealkylation sites (tertiary alicyclic amines) is 1. The lowest BCUT2D eigenvalue weighted by Crippen LogP contribution is -2.58. The van der Waals surface area contributed by atoms with E-state index in [9.17, 15) is 18.8 Å². The third-order valence-corrected chi connectivity index (χ3v) is 7.18. The summed E-state index contributed by atoms with van der Waals surface area (Å²) in [5.41, 5.74) is 2.38. The molecule has 6 rings (SSSR count). The number of rotatable bonds is 1. The maximum absolute atomic E-state index is 14.6. The number of pyridine rings is 1. The molecule has 2 aromatic carbocycles. The number of aromatic nitrogens is 3. The van der Waals surface area contributed by atoms with E-state index in [4.69, 9.17) is 9.47 Å². The number of hydrogen-bond donors (Lipinski definition) is 2. The van der Waals surface area contributed by atoms with Gasteiger partial charge in [0.2, 0.25) is 0 Å². The number of hydrogen-bond acceptors (Lipinski definition) is 8. The second kappa shape index (κ2) is 12.2. The Bertz CT molecular complexity index is 1670. The van der Waals surface area contributed by atoms with E-state index in [-0.39, 0.29) is 43.0 Å². The minimum Gasteiger partial charge on any atom is -0.488 e. The lowest BCUT2D eigenvalue weighted by atomic mass is 10.00. The summed E-state index contributed by atoms with van der Waals surface area (Å²) in [6, 6.07) is 12.3. The molecule has 0 unspecified atom stereocenters. The van der Waals surface area contributed by atoms with Gasteiger partial charge < -0.3 is 25.0 Å². The number of benzene rings is 2. The van der Waals surface area contributed by atoms with Crippen molar-refractivity contribution in [2.45, 2.75) is 25.1 Å². The number of ether oxygens (including phenoxy) is 2. The molecule has 218 valence electrons. The molecular weight excluding hydrogens is 555 g/mol. The first-order valence-electron chi connectivity index (χ1n) is 13.7. The van der Waals surface area contributed by atoms with Crippen molar-refractivity contribution in [3.8, 4) is 22.6 Å². The van der Waals surface area contributed by atoms with E-state index in [1.165, 1.54) is 36.9 Å². The Morgan fingerprint density at radius 2 is 1.84 bits per heavy atom. The molecule has 43 heavy (non-hydrogen) atoms. The molecule has 1 fully saturated rings. The quantitative estimate of drug-likeness (QED) is 0.350. The molecule has 2 aliphatic rings. The van der Waals surface area contributed by atoms with Crippen LogP contribution in [0.2, 0.25) is 0 Å². The fourth-order valence-electron chi connectivity index (χ4n) is 5.07. The molecule has 12 heteroatoms. The van der Waals surface area contributed by atoms with E-state index < -0.39 is 23.9 Å². The van der Waals surface area contributed by atoms with Crippen LogP contribution in [0.15, 0.2) is 79.5 Å². The predicted octanol–water partition coefficient (Wildman–Crippen LogP) is 2.78. The molecule has 0 saturated carbocycles. The summed E-state index contributed by atoms with van der Waals surface area (Å²) < 4.78 is 26.5. The first kappa shape index (κ1) is 27.8. The van der Waals surface area contributed by atoms with Gasteiger partial charge in [-0.05, 0) is 41.5 Å². The zero-order chi connectivity index (χ0) is 29.8. The van der Waals surface area contributed by atoms with Gasteiger partial charge in [-0.15, -0.1) is 0 Å². The maximum atomic E-state index is 14.6. The fourth-order valence-corrected chi connectivity index (χ4v) is 5.07. The number of halogens is 1. The van der Waals surface area contributed by atoms with Crippen molar-refractivity contribution < 1.29 is 28.2 Å². The Labute approximate surface area is 246 Å². The molecule has 2 atom stereocenters. The van der Waals surface area contributed by atoms with Gasteiger partial charge in [0.25, 0.3) is 17.7 Å². The van der Waals surface area contributed by atoms with Crippen LogP contribution >= 0.6 is 0 Å². The normalized spacial score (nSPS) is 18.8. The highest BCUT2D eigenvalue weighted by Crippen LogP contribution is 2.26. The summed E-state index contributed by atoms with van der Waals surface area (Å²) in [7, 11) is 0. The van der Waals surface area contributed by atoms with Gasteiger partial charge in [-0.1, -0.05) is 12.1 Å². The van der Waals surface area contributed by atoms with Gasteiger partial charge in [-0.3, -0.25) is 24.4 Å². The third-order valence-electron chi connectivity index (χ3n) is 7.18. The van der Waals surface area contributed by atoms with E-state index >= 15 is 0 Å². The number of fused-ring (bicyclic) bond motifs is 8. The second-order valence-corrected chi connectivity index (χ2v) is 10.2. The topological polar surface area (TPSA) is 136 Å².